The number of nitrogens with one attached hydrogen (secondary N) is 2. The van der Waals surface area contributed by atoms with Gasteiger partial charge < -0.3 is 10.6 Å². The Morgan fingerprint density at radius 3 is 2.54 bits per heavy atom. The van der Waals surface area contributed by atoms with Crippen LogP contribution in [0.4, 0.5) is 11.4 Å². The number of pyridine rings is 2. The van der Waals surface area contributed by atoms with Crippen molar-refractivity contribution in [3.63, 3.8) is 0 Å². The number of aromatic nitrogens is 2. The Balaban J connectivity index is 1.43. The number of halogens is 1. The van der Waals surface area contributed by atoms with E-state index >= 15 is 0 Å². The van der Waals surface area contributed by atoms with Gasteiger partial charge in [0, 0.05) is 23.2 Å². The number of amides is 1. The molecule has 0 aliphatic rings. The number of carbonyl (C=O) groups excluding carboxylic acids is 1. The molecule has 28 heavy (non-hydrogen) atoms. The van der Waals surface area contributed by atoms with Crippen LogP contribution in [-0.4, -0.2) is 15.9 Å². The van der Waals surface area contributed by atoms with E-state index in [4.69, 9.17) is 11.6 Å². The minimum absolute atomic E-state index is 0.228. The van der Waals surface area contributed by atoms with Gasteiger partial charge in [-0.15, -0.1) is 0 Å². The normalized spacial score (nSPS) is 10.6. The monoisotopic (exact) mass is 388 g/mol. The maximum Gasteiger partial charge on any atom is 0.270 e. The van der Waals surface area contributed by atoms with E-state index in [-0.39, 0.29) is 5.91 Å². The summed E-state index contributed by atoms with van der Waals surface area (Å²) in [4.78, 5) is 21.0. The van der Waals surface area contributed by atoms with Crippen molar-refractivity contribution in [2.24, 2.45) is 0 Å². The second kappa shape index (κ2) is 8.06. The van der Waals surface area contributed by atoms with Gasteiger partial charge in [-0.2, -0.15) is 0 Å². The zero-order valence-corrected chi connectivity index (χ0v) is 15.6. The van der Waals surface area contributed by atoms with E-state index in [1.165, 1.54) is 0 Å². The van der Waals surface area contributed by atoms with Gasteiger partial charge in [0.1, 0.15) is 5.69 Å². The number of fused-ring (bicyclic) bond motifs is 1. The van der Waals surface area contributed by atoms with E-state index in [2.05, 4.69) is 20.6 Å². The summed E-state index contributed by atoms with van der Waals surface area (Å²) in [5, 5.41) is 7.88. The van der Waals surface area contributed by atoms with Crippen molar-refractivity contribution in [2.45, 2.75) is 6.54 Å². The molecule has 0 fully saturated rings. The molecule has 0 atom stereocenters. The SMILES string of the molecule is O=C(NCc1ccc(Cl)cc1)c1ccc(Nc2cccc3cccnc23)cn1. The molecule has 0 spiro atoms. The molecule has 2 N–H and O–H groups in total. The minimum atomic E-state index is -0.228. The zero-order valence-electron chi connectivity index (χ0n) is 14.9. The van der Waals surface area contributed by atoms with Crippen molar-refractivity contribution in [1.29, 1.82) is 0 Å². The molecular weight excluding hydrogens is 372 g/mol. The largest absolute Gasteiger partial charge is 0.352 e. The lowest BCUT2D eigenvalue weighted by Crippen LogP contribution is -2.23. The lowest BCUT2D eigenvalue weighted by molar-refractivity contribution is 0.0946. The second-order valence-corrected chi connectivity index (χ2v) is 6.68. The Morgan fingerprint density at radius 1 is 0.929 bits per heavy atom. The summed E-state index contributed by atoms with van der Waals surface area (Å²) in [6, 6.07) is 20.7. The first-order valence-corrected chi connectivity index (χ1v) is 9.16. The molecule has 0 aliphatic heterocycles. The van der Waals surface area contributed by atoms with Gasteiger partial charge in [0.15, 0.2) is 0 Å². The van der Waals surface area contributed by atoms with Crippen molar-refractivity contribution in [3.8, 4) is 0 Å². The molecule has 2 aromatic carbocycles. The van der Waals surface area contributed by atoms with Crippen LogP contribution >= 0.6 is 11.6 Å². The van der Waals surface area contributed by atoms with Crippen molar-refractivity contribution < 1.29 is 4.79 Å². The first-order valence-electron chi connectivity index (χ1n) is 8.78. The standard InChI is InChI=1S/C22H17ClN4O/c23-17-8-6-15(7-9-17)13-26-22(28)20-11-10-18(14-25-20)27-19-5-1-3-16-4-2-12-24-21(16)19/h1-12,14,27H,13H2,(H,26,28). The van der Waals surface area contributed by atoms with Crippen LogP contribution in [0.1, 0.15) is 16.1 Å². The predicted octanol–water partition coefficient (Wildman–Crippen LogP) is 4.96. The van der Waals surface area contributed by atoms with Gasteiger partial charge in [-0.05, 0) is 42.0 Å². The highest BCUT2D eigenvalue weighted by atomic mass is 35.5. The Labute approximate surface area is 167 Å². The smallest absolute Gasteiger partial charge is 0.270 e. The molecule has 2 heterocycles. The van der Waals surface area contributed by atoms with E-state index in [1.807, 2.05) is 48.5 Å². The Hall–Kier alpha value is -3.44. The number of carbonyl (C=O) groups is 1. The number of para-hydroxylation sites is 1. The van der Waals surface area contributed by atoms with E-state index in [1.54, 1.807) is 30.6 Å². The van der Waals surface area contributed by atoms with E-state index in [0.29, 0.717) is 17.3 Å². The quantitative estimate of drug-likeness (QED) is 0.507. The zero-order chi connectivity index (χ0) is 19.3. The van der Waals surface area contributed by atoms with E-state index in [0.717, 1.165) is 27.8 Å². The Bertz CT molecular complexity index is 1110. The van der Waals surface area contributed by atoms with Gasteiger partial charge >= 0.3 is 0 Å². The lowest BCUT2D eigenvalue weighted by atomic mass is 10.2. The fourth-order valence-electron chi connectivity index (χ4n) is 2.84. The average molecular weight is 389 g/mol. The highest BCUT2D eigenvalue weighted by Crippen LogP contribution is 2.24. The summed E-state index contributed by atoms with van der Waals surface area (Å²) >= 11 is 5.87. The highest BCUT2D eigenvalue weighted by Gasteiger charge is 2.08. The summed E-state index contributed by atoms with van der Waals surface area (Å²) in [5.41, 5.74) is 3.89. The molecule has 0 radical (unpaired) electrons. The molecule has 0 saturated carbocycles. The molecule has 4 rings (SSSR count). The molecular formula is C22H17ClN4O. The molecule has 1 amide bonds. The van der Waals surface area contributed by atoms with Crippen molar-refractivity contribution in [1.82, 2.24) is 15.3 Å². The maximum atomic E-state index is 12.3. The summed E-state index contributed by atoms with van der Waals surface area (Å²) in [5.74, 6) is -0.228. The summed E-state index contributed by atoms with van der Waals surface area (Å²) in [6.45, 7) is 0.416. The summed E-state index contributed by atoms with van der Waals surface area (Å²) in [6.07, 6.45) is 3.40. The number of nitrogens with zero attached hydrogens (tertiary/aromatic N) is 2. The van der Waals surface area contributed by atoms with Gasteiger partial charge in [-0.1, -0.05) is 41.9 Å². The molecule has 0 saturated heterocycles. The number of rotatable bonds is 5. The van der Waals surface area contributed by atoms with Crippen LogP contribution in [0.25, 0.3) is 10.9 Å². The van der Waals surface area contributed by atoms with Crippen LogP contribution in [0, 0.1) is 0 Å². The van der Waals surface area contributed by atoms with Crippen LogP contribution in [0.15, 0.2) is 79.1 Å². The number of anilines is 2. The third-order valence-corrected chi connectivity index (χ3v) is 4.53. The average Bonchev–Trinajstić information content (AvgIpc) is 2.74. The third kappa shape index (κ3) is 4.10. The fraction of sp³-hybridized carbons (Fsp3) is 0.0455. The van der Waals surface area contributed by atoms with Gasteiger partial charge in [0.25, 0.3) is 5.91 Å². The first kappa shape index (κ1) is 17.9. The predicted molar refractivity (Wildman–Crippen MR) is 112 cm³/mol. The maximum absolute atomic E-state index is 12.3. The highest BCUT2D eigenvalue weighted by molar-refractivity contribution is 6.30. The number of hydrogen-bond acceptors (Lipinski definition) is 4. The third-order valence-electron chi connectivity index (χ3n) is 4.27. The fourth-order valence-corrected chi connectivity index (χ4v) is 2.96. The first-order chi connectivity index (χ1) is 13.7. The second-order valence-electron chi connectivity index (χ2n) is 6.25. The Kier molecular flexibility index (Phi) is 5.17. The van der Waals surface area contributed by atoms with Gasteiger partial charge in [-0.25, -0.2) is 4.98 Å². The molecule has 4 aromatic rings. The van der Waals surface area contributed by atoms with E-state index < -0.39 is 0 Å². The van der Waals surface area contributed by atoms with Crippen LogP contribution in [0.5, 0.6) is 0 Å². The summed E-state index contributed by atoms with van der Waals surface area (Å²) < 4.78 is 0. The Morgan fingerprint density at radius 2 is 1.75 bits per heavy atom. The van der Waals surface area contributed by atoms with Crippen molar-refractivity contribution >= 4 is 39.8 Å². The molecule has 6 heteroatoms. The minimum Gasteiger partial charge on any atom is -0.352 e. The molecule has 0 bridgehead atoms. The molecule has 5 nitrogen and oxygen atoms in total. The molecule has 0 unspecified atom stereocenters. The lowest BCUT2D eigenvalue weighted by Gasteiger charge is -2.09. The van der Waals surface area contributed by atoms with Crippen LogP contribution in [0.2, 0.25) is 5.02 Å². The number of benzene rings is 2. The van der Waals surface area contributed by atoms with Crippen molar-refractivity contribution in [2.75, 3.05) is 5.32 Å². The molecule has 0 aliphatic carbocycles. The van der Waals surface area contributed by atoms with Crippen LogP contribution in [-0.2, 0) is 6.54 Å². The number of hydrogen-bond donors (Lipinski definition) is 2. The van der Waals surface area contributed by atoms with Gasteiger partial charge in [0.2, 0.25) is 0 Å². The van der Waals surface area contributed by atoms with Crippen molar-refractivity contribution in [3.05, 3.63) is 95.4 Å². The van der Waals surface area contributed by atoms with Gasteiger partial charge in [-0.3, -0.25) is 9.78 Å². The van der Waals surface area contributed by atoms with Crippen LogP contribution < -0.4 is 10.6 Å². The molecule has 138 valence electrons. The van der Waals surface area contributed by atoms with Crippen LogP contribution in [0.3, 0.4) is 0 Å². The van der Waals surface area contributed by atoms with Gasteiger partial charge in [0.05, 0.1) is 23.1 Å². The summed E-state index contributed by atoms with van der Waals surface area (Å²) in [7, 11) is 0. The molecule has 2 aromatic heterocycles. The van der Waals surface area contributed by atoms with E-state index in [9.17, 15) is 4.79 Å². The topological polar surface area (TPSA) is 66.9 Å².